The van der Waals surface area contributed by atoms with Gasteiger partial charge in [-0.2, -0.15) is 0 Å². The Morgan fingerprint density at radius 3 is 2.41 bits per heavy atom. The van der Waals surface area contributed by atoms with E-state index >= 15 is 0 Å². The maximum Gasteiger partial charge on any atom is 0.0485 e. The number of hydrogen-bond donors (Lipinski definition) is 2. The molecule has 0 aliphatic rings. The summed E-state index contributed by atoms with van der Waals surface area (Å²) >= 11 is 6.18. The molecule has 0 fully saturated rings. The van der Waals surface area contributed by atoms with E-state index in [9.17, 15) is 0 Å². The highest BCUT2D eigenvalue weighted by molar-refractivity contribution is 6.36. The molecule has 0 bridgehead atoms. The number of nitrogens with two attached hydrogens (primary N) is 1. The van der Waals surface area contributed by atoms with Crippen LogP contribution < -0.4 is 11.1 Å². The normalized spacial score (nSPS) is 11.8. The summed E-state index contributed by atoms with van der Waals surface area (Å²) in [5, 5.41) is 6.42. The van der Waals surface area contributed by atoms with Gasteiger partial charge < -0.3 is 11.1 Å². The van der Waals surface area contributed by atoms with Crippen LogP contribution >= 0.6 is 11.6 Å². The van der Waals surface area contributed by atoms with Crippen molar-refractivity contribution in [3.05, 3.63) is 41.4 Å². The quantitative estimate of drug-likeness (QED) is 0.870. The predicted molar refractivity (Wildman–Crippen MR) is 75.7 cm³/mol. The maximum atomic E-state index is 6.18. The fraction of sp³-hybridized carbons (Fsp3) is 0.286. The molecule has 0 aliphatic heterocycles. The third-order valence-electron chi connectivity index (χ3n) is 2.85. The summed E-state index contributed by atoms with van der Waals surface area (Å²) in [5.41, 5.74) is 6.68. The Kier molecular flexibility index (Phi) is 3.27. The van der Waals surface area contributed by atoms with Gasteiger partial charge in [-0.05, 0) is 26.0 Å². The molecule has 0 unspecified atom stereocenters. The molecule has 2 nitrogen and oxygen atoms in total. The molecule has 2 aromatic rings. The Morgan fingerprint density at radius 1 is 1.12 bits per heavy atom. The van der Waals surface area contributed by atoms with Gasteiger partial charge in [-0.25, -0.2) is 0 Å². The minimum absolute atomic E-state index is 0.128. The predicted octanol–water partition coefficient (Wildman–Crippen LogP) is 3.64. The highest BCUT2D eigenvalue weighted by atomic mass is 35.5. The van der Waals surface area contributed by atoms with Crippen LogP contribution in [0.3, 0.4) is 0 Å². The van der Waals surface area contributed by atoms with E-state index in [2.05, 4.69) is 25.2 Å². The molecule has 0 saturated carbocycles. The van der Waals surface area contributed by atoms with E-state index in [0.717, 1.165) is 21.5 Å². The van der Waals surface area contributed by atoms with E-state index in [1.54, 1.807) is 0 Å². The van der Waals surface area contributed by atoms with Crippen molar-refractivity contribution in [1.29, 1.82) is 0 Å². The highest BCUT2D eigenvalue weighted by Gasteiger charge is 2.16. The second kappa shape index (κ2) is 4.55. The van der Waals surface area contributed by atoms with Crippen molar-refractivity contribution in [1.82, 2.24) is 0 Å². The van der Waals surface area contributed by atoms with Crippen molar-refractivity contribution in [2.45, 2.75) is 19.4 Å². The summed E-state index contributed by atoms with van der Waals surface area (Å²) < 4.78 is 0. The lowest BCUT2D eigenvalue weighted by atomic mass is 10.0. The first-order chi connectivity index (χ1) is 8.03. The SMILES string of the molecule is CC(C)(CN)Nc1ccc(Cl)c2ccccc12. The van der Waals surface area contributed by atoms with E-state index in [0.29, 0.717) is 6.54 Å². The van der Waals surface area contributed by atoms with Gasteiger partial charge in [0.05, 0.1) is 0 Å². The van der Waals surface area contributed by atoms with Gasteiger partial charge >= 0.3 is 0 Å². The topological polar surface area (TPSA) is 38.0 Å². The largest absolute Gasteiger partial charge is 0.378 e. The lowest BCUT2D eigenvalue weighted by molar-refractivity contribution is 0.581. The number of anilines is 1. The standard InChI is InChI=1S/C14H17ClN2/c1-14(2,9-16)17-13-8-7-12(15)10-5-3-4-6-11(10)13/h3-8,17H,9,16H2,1-2H3. The molecule has 3 heteroatoms. The molecule has 2 rings (SSSR count). The molecular weight excluding hydrogens is 232 g/mol. The molecule has 17 heavy (non-hydrogen) atoms. The molecule has 0 heterocycles. The molecule has 0 spiro atoms. The van der Waals surface area contributed by atoms with Gasteiger partial charge in [-0.3, -0.25) is 0 Å². The third kappa shape index (κ3) is 2.54. The Morgan fingerprint density at radius 2 is 1.76 bits per heavy atom. The van der Waals surface area contributed by atoms with E-state index in [-0.39, 0.29) is 5.54 Å². The molecule has 0 saturated heterocycles. The molecular formula is C14H17ClN2. The number of benzene rings is 2. The van der Waals surface area contributed by atoms with Crippen LogP contribution in [0.15, 0.2) is 36.4 Å². The van der Waals surface area contributed by atoms with Crippen molar-refractivity contribution >= 4 is 28.1 Å². The zero-order valence-corrected chi connectivity index (χ0v) is 10.9. The first kappa shape index (κ1) is 12.2. The number of hydrogen-bond acceptors (Lipinski definition) is 2. The highest BCUT2D eigenvalue weighted by Crippen LogP contribution is 2.30. The van der Waals surface area contributed by atoms with Crippen molar-refractivity contribution in [3.63, 3.8) is 0 Å². The zero-order valence-electron chi connectivity index (χ0n) is 10.1. The summed E-state index contributed by atoms with van der Waals surface area (Å²) in [7, 11) is 0. The lowest BCUT2D eigenvalue weighted by Crippen LogP contribution is -2.39. The molecule has 0 radical (unpaired) electrons. The number of fused-ring (bicyclic) bond motifs is 1. The van der Waals surface area contributed by atoms with E-state index < -0.39 is 0 Å². The Hall–Kier alpha value is -1.25. The first-order valence-electron chi connectivity index (χ1n) is 5.69. The molecule has 0 aliphatic carbocycles. The van der Waals surface area contributed by atoms with Gasteiger partial charge in [0.25, 0.3) is 0 Å². The van der Waals surface area contributed by atoms with Crippen molar-refractivity contribution in [2.24, 2.45) is 5.73 Å². The van der Waals surface area contributed by atoms with Gasteiger partial charge in [0.2, 0.25) is 0 Å². The van der Waals surface area contributed by atoms with E-state index in [1.165, 1.54) is 0 Å². The third-order valence-corrected chi connectivity index (χ3v) is 3.18. The Labute approximate surface area is 107 Å². The fourth-order valence-corrected chi connectivity index (χ4v) is 2.01. The number of nitrogens with one attached hydrogen (secondary N) is 1. The lowest BCUT2D eigenvalue weighted by Gasteiger charge is -2.26. The van der Waals surface area contributed by atoms with E-state index in [4.69, 9.17) is 17.3 Å². The van der Waals surface area contributed by atoms with Crippen LogP contribution in [0.5, 0.6) is 0 Å². The smallest absolute Gasteiger partial charge is 0.0485 e. The van der Waals surface area contributed by atoms with Crippen LogP contribution in [-0.2, 0) is 0 Å². The second-order valence-corrected chi connectivity index (χ2v) is 5.26. The fourth-order valence-electron chi connectivity index (χ4n) is 1.79. The molecule has 2 aromatic carbocycles. The average Bonchev–Trinajstić information content (AvgIpc) is 2.33. The van der Waals surface area contributed by atoms with Gasteiger partial charge in [0, 0.05) is 33.6 Å². The Bertz CT molecular complexity index is 535. The summed E-state index contributed by atoms with van der Waals surface area (Å²) in [6.07, 6.45) is 0. The minimum atomic E-state index is -0.128. The zero-order chi connectivity index (χ0) is 12.5. The van der Waals surface area contributed by atoms with Crippen LogP contribution in [0.25, 0.3) is 10.8 Å². The first-order valence-corrected chi connectivity index (χ1v) is 6.07. The number of halogens is 1. The van der Waals surface area contributed by atoms with Crippen LogP contribution in [0.4, 0.5) is 5.69 Å². The molecule has 90 valence electrons. The van der Waals surface area contributed by atoms with E-state index in [1.807, 2.05) is 30.3 Å². The van der Waals surface area contributed by atoms with Crippen molar-refractivity contribution < 1.29 is 0 Å². The average molecular weight is 249 g/mol. The number of rotatable bonds is 3. The molecule has 3 N–H and O–H groups in total. The minimum Gasteiger partial charge on any atom is -0.378 e. The van der Waals surface area contributed by atoms with Gasteiger partial charge in [-0.1, -0.05) is 35.9 Å². The summed E-state index contributed by atoms with van der Waals surface area (Å²) in [6.45, 7) is 4.73. The van der Waals surface area contributed by atoms with Crippen LogP contribution in [0, 0.1) is 0 Å². The summed E-state index contributed by atoms with van der Waals surface area (Å²) in [4.78, 5) is 0. The van der Waals surface area contributed by atoms with Gasteiger partial charge in [-0.15, -0.1) is 0 Å². The van der Waals surface area contributed by atoms with Crippen LogP contribution in [-0.4, -0.2) is 12.1 Å². The maximum absolute atomic E-state index is 6.18. The summed E-state index contributed by atoms with van der Waals surface area (Å²) in [6, 6.07) is 12.0. The molecule has 0 aromatic heterocycles. The van der Waals surface area contributed by atoms with Crippen LogP contribution in [0.1, 0.15) is 13.8 Å². The van der Waals surface area contributed by atoms with Crippen molar-refractivity contribution in [2.75, 3.05) is 11.9 Å². The second-order valence-electron chi connectivity index (χ2n) is 4.85. The van der Waals surface area contributed by atoms with Crippen molar-refractivity contribution in [3.8, 4) is 0 Å². The van der Waals surface area contributed by atoms with Crippen LogP contribution in [0.2, 0.25) is 5.02 Å². The van der Waals surface area contributed by atoms with Gasteiger partial charge in [0.15, 0.2) is 0 Å². The molecule has 0 atom stereocenters. The van der Waals surface area contributed by atoms with Gasteiger partial charge in [0.1, 0.15) is 0 Å². The monoisotopic (exact) mass is 248 g/mol. The molecule has 0 amide bonds. The summed E-state index contributed by atoms with van der Waals surface area (Å²) in [5.74, 6) is 0. The Balaban J connectivity index is 2.52.